The van der Waals surface area contributed by atoms with Crippen LogP contribution in [0.25, 0.3) is 0 Å². The van der Waals surface area contributed by atoms with Gasteiger partial charge >= 0.3 is 13.3 Å². The number of rotatable bonds is 6. The fraction of sp³-hybridized carbons (Fsp3) is 0.462. The highest BCUT2D eigenvalue weighted by Crippen LogP contribution is 2.48. The van der Waals surface area contributed by atoms with Gasteiger partial charge in [-0.15, -0.1) is 17.8 Å². The van der Waals surface area contributed by atoms with E-state index in [0.29, 0.717) is 12.8 Å². The number of carboxylic acid groups (broad SMARTS) is 1. The van der Waals surface area contributed by atoms with Crippen molar-refractivity contribution in [3.05, 3.63) is 0 Å². The lowest BCUT2D eigenvalue weighted by atomic mass is 10.3. The molecule has 0 aromatic rings. The molecule has 19 heavy (non-hydrogen) atoms. The first-order valence-electron chi connectivity index (χ1n) is 5.44. The highest BCUT2D eigenvalue weighted by molar-refractivity contribution is 7.71. The van der Waals surface area contributed by atoms with Crippen molar-refractivity contribution in [2.75, 3.05) is 13.2 Å². The second kappa shape index (κ2) is 10.2. The van der Waals surface area contributed by atoms with E-state index in [1.54, 1.807) is 13.8 Å². The molecule has 1 atom stereocenters. The molecule has 0 aliphatic carbocycles. The van der Waals surface area contributed by atoms with Crippen LogP contribution < -0.4 is 0 Å². The average molecular weight is 282 g/mol. The molecule has 102 valence electrons. The summed E-state index contributed by atoms with van der Waals surface area (Å²) in [5.74, 6) is 15.8. The zero-order chi connectivity index (χ0) is 14.6. The summed E-state index contributed by atoms with van der Waals surface area (Å²) in [4.78, 5) is 10.8. The van der Waals surface area contributed by atoms with Crippen LogP contribution in [-0.4, -0.2) is 24.0 Å². The van der Waals surface area contributed by atoms with Crippen molar-refractivity contribution in [1.82, 2.24) is 0 Å². The van der Waals surface area contributed by atoms with Gasteiger partial charge in [0.25, 0.3) is 0 Å². The van der Waals surface area contributed by atoms with E-state index < -0.39 is 13.3 Å². The van der Waals surface area contributed by atoms with Crippen molar-refractivity contribution >= 4 is 13.3 Å². The fourth-order valence-corrected chi connectivity index (χ4v) is 1.61. The molecule has 0 bridgehead atoms. The summed E-state index contributed by atoms with van der Waals surface area (Å²) >= 11 is 0. The summed E-state index contributed by atoms with van der Waals surface area (Å²) in [5, 5.41) is 8.78. The summed E-state index contributed by atoms with van der Waals surface area (Å²) in [6, 6.07) is 0. The Labute approximate surface area is 113 Å². The Morgan fingerprint density at radius 3 is 2.05 bits per heavy atom. The highest BCUT2D eigenvalue weighted by atomic mass is 31.2. The smallest absolute Gasteiger partial charge is 0.440 e. The van der Waals surface area contributed by atoms with Crippen LogP contribution in [0.4, 0.5) is 4.79 Å². The van der Waals surface area contributed by atoms with E-state index in [1.165, 1.54) is 0 Å². The van der Waals surface area contributed by atoms with E-state index in [9.17, 15) is 9.36 Å². The predicted molar refractivity (Wildman–Crippen MR) is 71.4 cm³/mol. The van der Waals surface area contributed by atoms with Crippen LogP contribution >= 0.6 is 7.60 Å². The Kier molecular flexibility index (Phi) is 9.33. The van der Waals surface area contributed by atoms with Gasteiger partial charge in [-0.3, -0.25) is 9.05 Å². The van der Waals surface area contributed by atoms with Gasteiger partial charge in [-0.05, 0) is 13.8 Å². The van der Waals surface area contributed by atoms with Crippen molar-refractivity contribution in [3.63, 3.8) is 0 Å². The molecule has 5 nitrogen and oxygen atoms in total. The molecule has 0 saturated carbocycles. The predicted octanol–water partition coefficient (Wildman–Crippen LogP) is 2.72. The fourth-order valence-electron chi connectivity index (χ4n) is 0.844. The van der Waals surface area contributed by atoms with Crippen LogP contribution in [0.1, 0.15) is 26.7 Å². The summed E-state index contributed by atoms with van der Waals surface area (Å²) in [5.41, 5.74) is -1.65. The summed E-state index contributed by atoms with van der Waals surface area (Å²) in [6.07, 6.45) is 1.17. The molecule has 1 N–H and O–H groups in total. The molecule has 0 amide bonds. The third kappa shape index (κ3) is 8.09. The SMILES string of the molecule is CC#CCCC#CCOP(=O)(OCC#CC)C(=O)O. The maximum absolute atomic E-state index is 11.7. The van der Waals surface area contributed by atoms with Gasteiger partial charge < -0.3 is 5.11 Å². The van der Waals surface area contributed by atoms with Gasteiger partial charge in [-0.25, -0.2) is 9.36 Å². The minimum Gasteiger partial charge on any atom is -0.472 e. The van der Waals surface area contributed by atoms with E-state index in [1.807, 2.05) is 0 Å². The standard InChI is InChI=1S/C13H15O5P/c1-3-5-7-8-9-10-12-18-19(16,13(14)15)17-11-6-4-2/h7-8,11-12H2,1-2H3,(H,14,15). The summed E-state index contributed by atoms with van der Waals surface area (Å²) < 4.78 is 21.1. The minimum absolute atomic E-state index is 0.264. The zero-order valence-electron chi connectivity index (χ0n) is 10.9. The Balaban J connectivity index is 4.26. The lowest BCUT2D eigenvalue weighted by Gasteiger charge is -2.10. The van der Waals surface area contributed by atoms with E-state index in [-0.39, 0.29) is 13.2 Å². The lowest BCUT2D eigenvalue weighted by Crippen LogP contribution is -2.05. The first-order chi connectivity index (χ1) is 9.06. The molecule has 0 aliphatic heterocycles. The minimum atomic E-state index is -4.20. The molecular weight excluding hydrogens is 267 g/mol. The number of hydrogen-bond acceptors (Lipinski definition) is 4. The molecule has 0 fully saturated rings. The van der Waals surface area contributed by atoms with Crippen molar-refractivity contribution < 1.29 is 23.5 Å². The Morgan fingerprint density at radius 1 is 1.00 bits per heavy atom. The van der Waals surface area contributed by atoms with Crippen LogP contribution in [0.5, 0.6) is 0 Å². The van der Waals surface area contributed by atoms with Gasteiger partial charge in [0.15, 0.2) is 0 Å². The molecule has 0 aliphatic rings. The van der Waals surface area contributed by atoms with Crippen LogP contribution in [-0.2, 0) is 13.6 Å². The third-order valence-electron chi connectivity index (χ3n) is 1.70. The van der Waals surface area contributed by atoms with Crippen LogP contribution in [0.15, 0.2) is 0 Å². The molecule has 0 spiro atoms. The van der Waals surface area contributed by atoms with E-state index in [4.69, 9.17) is 9.63 Å². The zero-order valence-corrected chi connectivity index (χ0v) is 11.8. The Bertz CT molecular complexity index is 518. The molecule has 0 radical (unpaired) electrons. The quantitative estimate of drug-likeness (QED) is 0.460. The molecule has 0 heterocycles. The van der Waals surface area contributed by atoms with Crippen LogP contribution in [0.2, 0.25) is 0 Å². The highest BCUT2D eigenvalue weighted by Gasteiger charge is 2.34. The Hall–Kier alpha value is -1.70. The Morgan fingerprint density at radius 2 is 1.53 bits per heavy atom. The van der Waals surface area contributed by atoms with Gasteiger partial charge in [0.1, 0.15) is 13.2 Å². The first-order valence-corrected chi connectivity index (χ1v) is 6.98. The lowest BCUT2D eigenvalue weighted by molar-refractivity contribution is 0.189. The molecular formula is C13H15O5P. The topological polar surface area (TPSA) is 72.8 Å². The normalized spacial score (nSPS) is 11.7. The molecule has 0 rings (SSSR count). The van der Waals surface area contributed by atoms with Gasteiger partial charge in [0, 0.05) is 12.8 Å². The van der Waals surface area contributed by atoms with Gasteiger partial charge in [-0.2, -0.15) is 0 Å². The van der Waals surface area contributed by atoms with Gasteiger partial charge in [-0.1, -0.05) is 17.8 Å². The monoisotopic (exact) mass is 282 g/mol. The van der Waals surface area contributed by atoms with E-state index in [0.717, 1.165) is 0 Å². The van der Waals surface area contributed by atoms with Crippen molar-refractivity contribution in [2.45, 2.75) is 26.7 Å². The van der Waals surface area contributed by atoms with Gasteiger partial charge in [0.05, 0.1) is 0 Å². The maximum Gasteiger partial charge on any atom is 0.440 e. The second-order valence-corrected chi connectivity index (χ2v) is 4.93. The maximum atomic E-state index is 11.7. The first kappa shape index (κ1) is 17.3. The second-order valence-electron chi connectivity index (χ2n) is 3.03. The number of hydrogen-bond donors (Lipinski definition) is 1. The molecule has 0 aromatic heterocycles. The summed E-state index contributed by atoms with van der Waals surface area (Å²) in [7, 11) is -4.20. The van der Waals surface area contributed by atoms with Crippen molar-refractivity contribution in [3.8, 4) is 35.5 Å². The van der Waals surface area contributed by atoms with Gasteiger partial charge in [0.2, 0.25) is 0 Å². The molecule has 1 unspecified atom stereocenters. The number of carbonyl (C=O) groups is 1. The summed E-state index contributed by atoms with van der Waals surface area (Å²) in [6.45, 7) is 2.75. The molecule has 0 aromatic carbocycles. The molecule has 0 saturated heterocycles. The van der Waals surface area contributed by atoms with Crippen LogP contribution in [0.3, 0.4) is 0 Å². The number of unbranched alkanes of at least 4 members (excludes halogenated alkanes) is 1. The van der Waals surface area contributed by atoms with E-state index in [2.05, 4.69) is 40.0 Å². The van der Waals surface area contributed by atoms with Crippen molar-refractivity contribution in [1.29, 1.82) is 0 Å². The molecule has 6 heteroatoms. The van der Waals surface area contributed by atoms with Crippen molar-refractivity contribution in [2.24, 2.45) is 0 Å². The van der Waals surface area contributed by atoms with E-state index >= 15 is 0 Å². The average Bonchev–Trinajstić information content (AvgIpc) is 2.38. The third-order valence-corrected chi connectivity index (χ3v) is 3.11. The largest absolute Gasteiger partial charge is 0.472 e. The van der Waals surface area contributed by atoms with Crippen LogP contribution in [0, 0.1) is 35.5 Å².